The van der Waals surface area contributed by atoms with E-state index in [1.165, 1.54) is 0 Å². The molecule has 1 rings (SSSR count). The Bertz CT molecular complexity index is 296. The highest BCUT2D eigenvalue weighted by atomic mass is 16.5. The van der Waals surface area contributed by atoms with Gasteiger partial charge in [0, 0.05) is 23.9 Å². The van der Waals surface area contributed by atoms with Crippen LogP contribution < -0.4 is 4.74 Å². The molecule has 74 valence electrons. The van der Waals surface area contributed by atoms with Gasteiger partial charge in [-0.05, 0) is 18.4 Å². The molecule has 0 saturated heterocycles. The molecular weight excluding hydrogens is 182 g/mol. The molecule has 14 heavy (non-hydrogen) atoms. The van der Waals surface area contributed by atoms with Gasteiger partial charge >= 0.3 is 0 Å². The molecule has 0 fully saturated rings. The van der Waals surface area contributed by atoms with Crippen molar-refractivity contribution in [3.63, 3.8) is 0 Å². The second-order valence-corrected chi connectivity index (χ2v) is 2.55. The van der Waals surface area contributed by atoms with E-state index >= 15 is 0 Å². The topological polar surface area (TPSA) is 83.8 Å². The van der Waals surface area contributed by atoms with Gasteiger partial charge in [-0.2, -0.15) is 0 Å². The van der Waals surface area contributed by atoms with Gasteiger partial charge in [0.05, 0.1) is 12.8 Å². The fourth-order valence-electron chi connectivity index (χ4n) is 0.866. The zero-order chi connectivity index (χ0) is 10.1. The third-order valence-corrected chi connectivity index (χ3v) is 1.51. The van der Waals surface area contributed by atoms with Gasteiger partial charge in [0.25, 0.3) is 0 Å². The van der Waals surface area contributed by atoms with E-state index < -0.39 is 0 Å². The van der Waals surface area contributed by atoms with Crippen molar-refractivity contribution >= 4 is 0 Å². The average Bonchev–Trinajstić information content (AvgIpc) is 2.25. The number of hydrogen-bond acceptors (Lipinski definition) is 4. The summed E-state index contributed by atoms with van der Waals surface area (Å²) >= 11 is 0. The molecule has 1 heterocycles. The summed E-state index contributed by atoms with van der Waals surface area (Å²) < 4.78 is 5.28. The summed E-state index contributed by atoms with van der Waals surface area (Å²) in [5.74, 6) is 0.524. The fourth-order valence-corrected chi connectivity index (χ4v) is 0.866. The van der Waals surface area contributed by atoms with Crippen LogP contribution in [0.2, 0.25) is 0 Å². The van der Waals surface area contributed by atoms with Crippen LogP contribution in [0.15, 0.2) is 23.7 Å². The predicted octanol–water partition coefficient (Wildman–Crippen LogP) is 1.95. The molecule has 0 saturated carbocycles. The van der Waals surface area contributed by atoms with Crippen molar-refractivity contribution < 1.29 is 4.74 Å². The van der Waals surface area contributed by atoms with Gasteiger partial charge in [0.2, 0.25) is 5.88 Å². The van der Waals surface area contributed by atoms with E-state index in [4.69, 9.17) is 10.3 Å². The maximum Gasteiger partial charge on any atom is 0.232 e. The zero-order valence-electron chi connectivity index (χ0n) is 7.70. The third-order valence-electron chi connectivity index (χ3n) is 1.51. The summed E-state index contributed by atoms with van der Waals surface area (Å²) in [6.45, 7) is 1.08. The van der Waals surface area contributed by atoms with E-state index in [2.05, 4.69) is 20.0 Å². The summed E-state index contributed by atoms with van der Waals surface area (Å²) in [7, 11) is 0. The standard InChI is InChI=1S/C8H11N5O/c9-13-12-3-1-2-6-14-8-7-10-4-5-11-8/h4-5,7H,1-3,6H2. The first-order chi connectivity index (χ1) is 6.93. The Hall–Kier alpha value is -1.81. The van der Waals surface area contributed by atoms with E-state index in [0.29, 0.717) is 19.0 Å². The minimum Gasteiger partial charge on any atom is -0.477 e. The molecule has 6 nitrogen and oxygen atoms in total. The molecule has 0 spiro atoms. The maximum atomic E-state index is 8.01. The molecule has 0 amide bonds. The fraction of sp³-hybridized carbons (Fsp3) is 0.500. The first-order valence-electron chi connectivity index (χ1n) is 4.33. The first-order valence-corrected chi connectivity index (χ1v) is 4.33. The van der Waals surface area contributed by atoms with Crippen LogP contribution in [-0.2, 0) is 0 Å². The Morgan fingerprint density at radius 1 is 1.43 bits per heavy atom. The molecule has 0 bridgehead atoms. The smallest absolute Gasteiger partial charge is 0.232 e. The summed E-state index contributed by atoms with van der Waals surface area (Å²) in [5, 5.41) is 3.41. The summed E-state index contributed by atoms with van der Waals surface area (Å²) in [4.78, 5) is 10.5. The van der Waals surface area contributed by atoms with Crippen LogP contribution in [0.5, 0.6) is 5.88 Å². The van der Waals surface area contributed by atoms with Crippen LogP contribution in [0.1, 0.15) is 12.8 Å². The number of azide groups is 1. The van der Waals surface area contributed by atoms with Crippen LogP contribution in [0, 0.1) is 0 Å². The number of hydrogen-bond donors (Lipinski definition) is 0. The highest BCUT2D eigenvalue weighted by Gasteiger charge is 1.92. The average molecular weight is 193 g/mol. The molecular formula is C8H11N5O. The van der Waals surface area contributed by atoms with E-state index in [1.807, 2.05) is 0 Å². The molecule has 1 aromatic rings. The first kappa shape index (κ1) is 10.3. The summed E-state index contributed by atoms with van der Waals surface area (Å²) in [6, 6.07) is 0. The highest BCUT2D eigenvalue weighted by molar-refractivity contribution is 5.00. The predicted molar refractivity (Wildman–Crippen MR) is 50.8 cm³/mol. The number of ether oxygens (including phenoxy) is 1. The number of unbranched alkanes of at least 4 members (excludes halogenated alkanes) is 1. The maximum absolute atomic E-state index is 8.01. The molecule has 0 aliphatic rings. The molecule has 0 unspecified atom stereocenters. The van der Waals surface area contributed by atoms with Gasteiger partial charge in [-0.25, -0.2) is 4.98 Å². The van der Waals surface area contributed by atoms with E-state index in [1.54, 1.807) is 18.6 Å². The van der Waals surface area contributed by atoms with Crippen molar-refractivity contribution in [2.45, 2.75) is 12.8 Å². The second kappa shape index (κ2) is 6.68. The Morgan fingerprint density at radius 3 is 3.07 bits per heavy atom. The van der Waals surface area contributed by atoms with Crippen LogP contribution in [-0.4, -0.2) is 23.1 Å². The normalized spacial score (nSPS) is 9.14. The Morgan fingerprint density at radius 2 is 2.36 bits per heavy atom. The molecule has 6 heteroatoms. The Balaban J connectivity index is 2.07. The van der Waals surface area contributed by atoms with Gasteiger partial charge in [-0.1, -0.05) is 5.11 Å². The van der Waals surface area contributed by atoms with Crippen molar-refractivity contribution in [2.75, 3.05) is 13.2 Å². The zero-order valence-corrected chi connectivity index (χ0v) is 7.70. The molecule has 0 aromatic carbocycles. The van der Waals surface area contributed by atoms with E-state index in [0.717, 1.165) is 12.8 Å². The minimum absolute atomic E-state index is 0.514. The quantitative estimate of drug-likeness (QED) is 0.299. The molecule has 1 aromatic heterocycles. The Labute approximate surface area is 81.6 Å². The van der Waals surface area contributed by atoms with E-state index in [9.17, 15) is 0 Å². The monoisotopic (exact) mass is 193 g/mol. The van der Waals surface area contributed by atoms with Crippen molar-refractivity contribution in [1.82, 2.24) is 9.97 Å². The van der Waals surface area contributed by atoms with Gasteiger partial charge < -0.3 is 4.74 Å². The Kier molecular flexibility index (Phi) is 4.90. The van der Waals surface area contributed by atoms with Gasteiger partial charge in [0.1, 0.15) is 0 Å². The molecule has 0 radical (unpaired) electrons. The van der Waals surface area contributed by atoms with Crippen molar-refractivity contribution in [2.24, 2.45) is 5.11 Å². The summed E-state index contributed by atoms with van der Waals surface area (Å²) in [5.41, 5.74) is 8.01. The molecule has 0 aliphatic carbocycles. The van der Waals surface area contributed by atoms with Crippen molar-refractivity contribution in [3.8, 4) is 5.88 Å². The van der Waals surface area contributed by atoms with Gasteiger partial charge in [-0.3, -0.25) is 4.98 Å². The lowest BCUT2D eigenvalue weighted by atomic mass is 10.3. The van der Waals surface area contributed by atoms with Crippen LogP contribution in [0.3, 0.4) is 0 Å². The SMILES string of the molecule is [N-]=[N+]=NCCCCOc1cnccn1. The van der Waals surface area contributed by atoms with Crippen LogP contribution >= 0.6 is 0 Å². The molecule has 0 atom stereocenters. The van der Waals surface area contributed by atoms with Crippen molar-refractivity contribution in [3.05, 3.63) is 29.0 Å². The van der Waals surface area contributed by atoms with Gasteiger partial charge in [-0.15, -0.1) is 0 Å². The minimum atomic E-state index is 0.514. The van der Waals surface area contributed by atoms with Crippen LogP contribution in [0.4, 0.5) is 0 Å². The second-order valence-electron chi connectivity index (χ2n) is 2.55. The number of aromatic nitrogens is 2. The largest absolute Gasteiger partial charge is 0.477 e. The van der Waals surface area contributed by atoms with Gasteiger partial charge in [0.15, 0.2) is 0 Å². The van der Waals surface area contributed by atoms with E-state index in [-0.39, 0.29) is 0 Å². The third kappa shape index (κ3) is 4.27. The van der Waals surface area contributed by atoms with Crippen molar-refractivity contribution in [1.29, 1.82) is 0 Å². The lowest BCUT2D eigenvalue weighted by Gasteiger charge is -2.02. The summed E-state index contributed by atoms with van der Waals surface area (Å²) in [6.07, 6.45) is 6.40. The molecule has 0 N–H and O–H groups in total. The lowest BCUT2D eigenvalue weighted by Crippen LogP contribution is -1.99. The lowest BCUT2D eigenvalue weighted by molar-refractivity contribution is 0.295. The highest BCUT2D eigenvalue weighted by Crippen LogP contribution is 2.01. The molecule has 0 aliphatic heterocycles. The number of rotatable bonds is 6. The number of nitrogens with zero attached hydrogens (tertiary/aromatic N) is 5. The van der Waals surface area contributed by atoms with Crippen LogP contribution in [0.25, 0.3) is 10.4 Å².